The molecule has 1 atom stereocenters. The van der Waals surface area contributed by atoms with Crippen LogP contribution in [0.5, 0.6) is 0 Å². The third-order valence-corrected chi connectivity index (χ3v) is 4.96. The van der Waals surface area contributed by atoms with Crippen LogP contribution in [-0.4, -0.2) is 54.6 Å². The van der Waals surface area contributed by atoms with Gasteiger partial charge < -0.3 is 10.6 Å². The van der Waals surface area contributed by atoms with E-state index in [9.17, 15) is 0 Å². The molecule has 1 unspecified atom stereocenters. The molecule has 2 N–H and O–H groups in total. The SMILES string of the molecule is CC1CCCCCN1C1(CN)CCN(C)CC1. The van der Waals surface area contributed by atoms with E-state index in [1.54, 1.807) is 0 Å². The maximum Gasteiger partial charge on any atom is 0.0358 e. The highest BCUT2D eigenvalue weighted by Crippen LogP contribution is 2.32. The molecule has 2 rings (SSSR count). The van der Waals surface area contributed by atoms with Crippen LogP contribution in [-0.2, 0) is 0 Å². The Morgan fingerprint density at radius 1 is 1.12 bits per heavy atom. The summed E-state index contributed by atoms with van der Waals surface area (Å²) >= 11 is 0. The lowest BCUT2D eigenvalue weighted by molar-refractivity contribution is 0.00850. The van der Waals surface area contributed by atoms with Crippen LogP contribution in [0.3, 0.4) is 0 Å². The lowest BCUT2D eigenvalue weighted by Gasteiger charge is -2.50. The highest BCUT2D eigenvalue weighted by atomic mass is 15.3. The van der Waals surface area contributed by atoms with Crippen molar-refractivity contribution in [3.63, 3.8) is 0 Å². The van der Waals surface area contributed by atoms with Crippen molar-refractivity contribution < 1.29 is 0 Å². The van der Waals surface area contributed by atoms with Crippen LogP contribution < -0.4 is 5.73 Å². The van der Waals surface area contributed by atoms with E-state index in [-0.39, 0.29) is 0 Å². The van der Waals surface area contributed by atoms with Gasteiger partial charge in [-0.1, -0.05) is 12.8 Å². The van der Waals surface area contributed by atoms with Gasteiger partial charge in [0.1, 0.15) is 0 Å². The summed E-state index contributed by atoms with van der Waals surface area (Å²) in [7, 11) is 2.23. The molecule has 2 aliphatic rings. The number of nitrogens with zero attached hydrogens (tertiary/aromatic N) is 2. The molecular formula is C14H29N3. The van der Waals surface area contributed by atoms with Crippen LogP contribution in [0, 0.1) is 0 Å². The average Bonchev–Trinajstić information content (AvgIpc) is 2.56. The maximum absolute atomic E-state index is 6.17. The zero-order chi connectivity index (χ0) is 12.3. The zero-order valence-corrected chi connectivity index (χ0v) is 11.6. The Hall–Kier alpha value is -0.120. The van der Waals surface area contributed by atoms with E-state index in [4.69, 9.17) is 5.73 Å². The van der Waals surface area contributed by atoms with Gasteiger partial charge in [0.05, 0.1) is 0 Å². The molecule has 0 radical (unpaired) electrons. The Balaban J connectivity index is 2.09. The normalized spacial score (nSPS) is 32.3. The quantitative estimate of drug-likeness (QED) is 0.796. The van der Waals surface area contributed by atoms with Crippen molar-refractivity contribution in [2.24, 2.45) is 5.73 Å². The average molecular weight is 239 g/mol. The standard InChI is InChI=1S/C14H29N3/c1-13-6-4-3-5-9-17(13)14(12-15)7-10-16(2)11-8-14/h13H,3-12,15H2,1-2H3. The Morgan fingerprint density at radius 2 is 1.82 bits per heavy atom. The fourth-order valence-corrected chi connectivity index (χ4v) is 3.62. The van der Waals surface area contributed by atoms with Gasteiger partial charge in [0, 0.05) is 18.1 Å². The zero-order valence-electron chi connectivity index (χ0n) is 11.6. The summed E-state index contributed by atoms with van der Waals surface area (Å²) < 4.78 is 0. The van der Waals surface area contributed by atoms with Gasteiger partial charge in [-0.05, 0) is 59.3 Å². The second-order valence-electron chi connectivity index (χ2n) is 6.12. The number of hydrogen-bond donors (Lipinski definition) is 1. The molecule has 2 aliphatic heterocycles. The Bertz CT molecular complexity index is 234. The summed E-state index contributed by atoms with van der Waals surface area (Å²) in [4.78, 5) is 5.20. The fourth-order valence-electron chi connectivity index (χ4n) is 3.62. The first-order chi connectivity index (χ1) is 8.18. The lowest BCUT2D eigenvalue weighted by atomic mass is 9.84. The second-order valence-corrected chi connectivity index (χ2v) is 6.12. The highest BCUT2D eigenvalue weighted by molar-refractivity contribution is 4.98. The maximum atomic E-state index is 6.17. The van der Waals surface area contributed by atoms with E-state index in [0.717, 1.165) is 12.6 Å². The van der Waals surface area contributed by atoms with Gasteiger partial charge >= 0.3 is 0 Å². The minimum absolute atomic E-state index is 0.302. The molecule has 2 saturated heterocycles. The van der Waals surface area contributed by atoms with Gasteiger partial charge in [-0.25, -0.2) is 0 Å². The van der Waals surface area contributed by atoms with Crippen LogP contribution in [0.1, 0.15) is 45.4 Å². The van der Waals surface area contributed by atoms with Gasteiger partial charge in [0.2, 0.25) is 0 Å². The van der Waals surface area contributed by atoms with E-state index in [2.05, 4.69) is 23.8 Å². The third kappa shape index (κ3) is 2.83. The molecule has 0 saturated carbocycles. The summed E-state index contributed by atoms with van der Waals surface area (Å²) in [5.41, 5.74) is 6.47. The molecule has 100 valence electrons. The predicted octanol–water partition coefficient (Wildman–Crippen LogP) is 1.67. The van der Waals surface area contributed by atoms with Gasteiger partial charge in [0.25, 0.3) is 0 Å². The van der Waals surface area contributed by atoms with Gasteiger partial charge in [-0.3, -0.25) is 4.90 Å². The molecule has 0 aliphatic carbocycles. The fraction of sp³-hybridized carbons (Fsp3) is 1.00. The predicted molar refractivity (Wildman–Crippen MR) is 73.2 cm³/mol. The molecular weight excluding hydrogens is 210 g/mol. The first-order valence-corrected chi connectivity index (χ1v) is 7.33. The molecule has 0 bridgehead atoms. The number of rotatable bonds is 2. The van der Waals surface area contributed by atoms with Crippen LogP contribution in [0.4, 0.5) is 0 Å². The Labute approximate surface area is 106 Å². The first kappa shape index (κ1) is 13.3. The van der Waals surface area contributed by atoms with Crippen LogP contribution in [0.25, 0.3) is 0 Å². The monoisotopic (exact) mass is 239 g/mol. The van der Waals surface area contributed by atoms with Crippen molar-refractivity contribution in [3.8, 4) is 0 Å². The van der Waals surface area contributed by atoms with Gasteiger partial charge in [-0.15, -0.1) is 0 Å². The Morgan fingerprint density at radius 3 is 2.47 bits per heavy atom. The summed E-state index contributed by atoms with van der Waals surface area (Å²) in [6, 6.07) is 0.726. The van der Waals surface area contributed by atoms with Gasteiger partial charge in [0.15, 0.2) is 0 Å². The van der Waals surface area contributed by atoms with Crippen LogP contribution >= 0.6 is 0 Å². The van der Waals surface area contributed by atoms with Crippen molar-refractivity contribution >= 4 is 0 Å². The molecule has 0 aromatic rings. The van der Waals surface area contributed by atoms with Crippen molar-refractivity contribution in [2.75, 3.05) is 33.2 Å². The minimum Gasteiger partial charge on any atom is -0.329 e. The summed E-state index contributed by atoms with van der Waals surface area (Å²) in [5.74, 6) is 0. The second kappa shape index (κ2) is 5.68. The smallest absolute Gasteiger partial charge is 0.0358 e. The first-order valence-electron chi connectivity index (χ1n) is 7.33. The molecule has 0 spiro atoms. The molecule has 0 amide bonds. The van der Waals surface area contributed by atoms with E-state index in [1.165, 1.54) is 58.2 Å². The molecule has 3 nitrogen and oxygen atoms in total. The largest absolute Gasteiger partial charge is 0.329 e. The molecule has 2 fully saturated rings. The Kier molecular flexibility index (Phi) is 4.45. The summed E-state index contributed by atoms with van der Waals surface area (Å²) in [6.45, 7) is 6.93. The van der Waals surface area contributed by atoms with Crippen molar-refractivity contribution in [1.82, 2.24) is 9.80 Å². The van der Waals surface area contributed by atoms with Crippen molar-refractivity contribution in [1.29, 1.82) is 0 Å². The number of likely N-dealkylation sites (tertiary alicyclic amines) is 2. The van der Waals surface area contributed by atoms with Crippen molar-refractivity contribution in [3.05, 3.63) is 0 Å². The number of nitrogens with two attached hydrogens (primary N) is 1. The molecule has 3 heteroatoms. The van der Waals surface area contributed by atoms with Crippen LogP contribution in [0.15, 0.2) is 0 Å². The van der Waals surface area contributed by atoms with Gasteiger partial charge in [-0.2, -0.15) is 0 Å². The molecule has 0 aromatic carbocycles. The summed E-state index contributed by atoms with van der Waals surface area (Å²) in [6.07, 6.45) is 8.04. The number of piperidine rings is 1. The van der Waals surface area contributed by atoms with E-state index in [0.29, 0.717) is 5.54 Å². The van der Waals surface area contributed by atoms with Crippen LogP contribution in [0.2, 0.25) is 0 Å². The van der Waals surface area contributed by atoms with E-state index in [1.807, 2.05) is 0 Å². The highest BCUT2D eigenvalue weighted by Gasteiger charge is 2.40. The van der Waals surface area contributed by atoms with Crippen molar-refractivity contribution in [2.45, 2.75) is 57.0 Å². The van der Waals surface area contributed by atoms with E-state index < -0.39 is 0 Å². The molecule has 17 heavy (non-hydrogen) atoms. The topological polar surface area (TPSA) is 32.5 Å². The summed E-state index contributed by atoms with van der Waals surface area (Å²) in [5, 5.41) is 0. The van der Waals surface area contributed by atoms with E-state index >= 15 is 0 Å². The minimum atomic E-state index is 0.302. The molecule has 0 aromatic heterocycles. The number of hydrogen-bond acceptors (Lipinski definition) is 3. The lowest BCUT2D eigenvalue weighted by Crippen LogP contribution is -2.61. The third-order valence-electron chi connectivity index (χ3n) is 4.96. The molecule has 2 heterocycles.